The SMILES string of the molecule is Cn1cc(-c2cccc(C(=N)c3cc(N4CCC(F)(CO)CC4)ncn3)c2)cn1. The van der Waals surface area contributed by atoms with Crippen LogP contribution in [0.3, 0.4) is 0 Å². The van der Waals surface area contributed by atoms with Gasteiger partial charge in [0.25, 0.3) is 0 Å². The second kappa shape index (κ2) is 7.71. The van der Waals surface area contributed by atoms with E-state index < -0.39 is 12.3 Å². The molecule has 1 saturated heterocycles. The van der Waals surface area contributed by atoms with Gasteiger partial charge in [0.15, 0.2) is 0 Å². The van der Waals surface area contributed by atoms with E-state index in [4.69, 9.17) is 5.41 Å². The van der Waals surface area contributed by atoms with Crippen molar-refractivity contribution in [2.24, 2.45) is 7.05 Å². The van der Waals surface area contributed by atoms with E-state index in [0.29, 0.717) is 30.3 Å². The number of piperidine rings is 1. The molecule has 29 heavy (non-hydrogen) atoms. The average molecular weight is 394 g/mol. The van der Waals surface area contributed by atoms with Crippen molar-refractivity contribution in [3.05, 3.63) is 60.3 Å². The quantitative estimate of drug-likeness (QED) is 0.649. The Kier molecular flexibility index (Phi) is 5.10. The van der Waals surface area contributed by atoms with Crippen LogP contribution in [-0.2, 0) is 7.05 Å². The van der Waals surface area contributed by atoms with Crippen LogP contribution in [0, 0.1) is 5.41 Å². The Bertz CT molecular complexity index is 1030. The Morgan fingerprint density at radius 3 is 2.69 bits per heavy atom. The Morgan fingerprint density at radius 2 is 2.00 bits per heavy atom. The van der Waals surface area contributed by atoms with E-state index in [-0.39, 0.29) is 12.8 Å². The van der Waals surface area contributed by atoms with Gasteiger partial charge in [-0.25, -0.2) is 14.4 Å². The molecule has 0 radical (unpaired) electrons. The van der Waals surface area contributed by atoms with Crippen molar-refractivity contribution in [2.45, 2.75) is 18.5 Å². The smallest absolute Gasteiger partial charge is 0.137 e. The monoisotopic (exact) mass is 394 g/mol. The molecule has 0 bridgehead atoms. The van der Waals surface area contributed by atoms with E-state index in [1.54, 1.807) is 16.9 Å². The van der Waals surface area contributed by atoms with E-state index >= 15 is 0 Å². The van der Waals surface area contributed by atoms with Gasteiger partial charge < -0.3 is 10.0 Å². The fourth-order valence-corrected chi connectivity index (χ4v) is 3.52. The molecule has 3 heterocycles. The number of aliphatic hydroxyl groups is 1. The van der Waals surface area contributed by atoms with E-state index in [9.17, 15) is 9.50 Å². The average Bonchev–Trinajstić information content (AvgIpc) is 3.20. The summed E-state index contributed by atoms with van der Waals surface area (Å²) in [5, 5.41) is 22.0. The molecule has 1 fully saturated rings. The van der Waals surface area contributed by atoms with Crippen molar-refractivity contribution < 1.29 is 9.50 Å². The van der Waals surface area contributed by atoms with Gasteiger partial charge in [-0.3, -0.25) is 10.1 Å². The van der Waals surface area contributed by atoms with Gasteiger partial charge in [-0.1, -0.05) is 18.2 Å². The van der Waals surface area contributed by atoms with Crippen LogP contribution in [0.15, 0.2) is 49.1 Å². The molecule has 2 N–H and O–H groups in total. The van der Waals surface area contributed by atoms with Crippen molar-refractivity contribution in [3.63, 3.8) is 0 Å². The highest BCUT2D eigenvalue weighted by Crippen LogP contribution is 2.28. The number of hydrogen-bond acceptors (Lipinski definition) is 6. The molecular weight excluding hydrogens is 371 g/mol. The normalized spacial score (nSPS) is 16.0. The van der Waals surface area contributed by atoms with E-state index in [1.807, 2.05) is 42.4 Å². The molecule has 2 aromatic heterocycles. The number of benzene rings is 1. The summed E-state index contributed by atoms with van der Waals surface area (Å²) in [6.07, 6.45) is 5.67. The molecule has 0 aliphatic carbocycles. The summed E-state index contributed by atoms with van der Waals surface area (Å²) in [5.41, 5.74) is 2.01. The highest BCUT2D eigenvalue weighted by Gasteiger charge is 2.34. The number of anilines is 1. The van der Waals surface area contributed by atoms with E-state index in [1.165, 1.54) is 6.33 Å². The Hall–Kier alpha value is -3.13. The first-order valence-corrected chi connectivity index (χ1v) is 9.53. The summed E-state index contributed by atoms with van der Waals surface area (Å²) in [7, 11) is 1.87. The summed E-state index contributed by atoms with van der Waals surface area (Å²) < 4.78 is 16.0. The highest BCUT2D eigenvalue weighted by atomic mass is 19.1. The number of nitrogens with zero attached hydrogens (tertiary/aromatic N) is 5. The minimum atomic E-state index is -1.51. The van der Waals surface area contributed by atoms with Crippen LogP contribution in [0.4, 0.5) is 10.2 Å². The predicted molar refractivity (Wildman–Crippen MR) is 109 cm³/mol. The molecule has 0 amide bonds. The molecule has 0 atom stereocenters. The summed E-state index contributed by atoms with van der Waals surface area (Å²) in [4.78, 5) is 10.5. The predicted octanol–water partition coefficient (Wildman–Crippen LogP) is 2.59. The number of aromatic nitrogens is 4. The lowest BCUT2D eigenvalue weighted by molar-refractivity contribution is 0.0480. The van der Waals surface area contributed by atoms with Gasteiger partial charge in [0.05, 0.1) is 24.2 Å². The molecular formula is C21H23FN6O. The second-order valence-corrected chi connectivity index (χ2v) is 7.42. The maximum atomic E-state index is 14.2. The van der Waals surface area contributed by atoms with Gasteiger partial charge in [0.2, 0.25) is 0 Å². The maximum absolute atomic E-state index is 14.2. The molecule has 150 valence electrons. The van der Waals surface area contributed by atoms with Crippen LogP contribution in [-0.4, -0.2) is 55.9 Å². The van der Waals surface area contributed by atoms with Crippen LogP contribution in [0.1, 0.15) is 24.1 Å². The number of aryl methyl sites for hydroxylation is 1. The molecule has 0 unspecified atom stereocenters. The standard InChI is InChI=1S/C21H23FN6O/c1-27-12-17(11-26-27)15-3-2-4-16(9-15)20(23)18-10-19(25-14-24-18)28-7-5-21(22,13-29)6-8-28/h2-4,9-12,14,23,29H,5-8,13H2,1H3. The van der Waals surface area contributed by atoms with Crippen LogP contribution in [0.2, 0.25) is 0 Å². The molecule has 0 saturated carbocycles. The van der Waals surface area contributed by atoms with Crippen molar-refractivity contribution in [2.75, 3.05) is 24.6 Å². The number of alkyl halides is 1. The summed E-state index contributed by atoms with van der Waals surface area (Å²) in [5.74, 6) is 0.670. The summed E-state index contributed by atoms with van der Waals surface area (Å²) in [6.45, 7) is 0.489. The number of halogens is 1. The van der Waals surface area contributed by atoms with Crippen LogP contribution in [0.5, 0.6) is 0 Å². The topological polar surface area (TPSA) is 90.9 Å². The van der Waals surface area contributed by atoms with Gasteiger partial charge in [0, 0.05) is 56.4 Å². The molecule has 7 nitrogen and oxygen atoms in total. The van der Waals surface area contributed by atoms with Crippen molar-refractivity contribution in [3.8, 4) is 11.1 Å². The van der Waals surface area contributed by atoms with Crippen LogP contribution in [0.25, 0.3) is 11.1 Å². The fourth-order valence-electron chi connectivity index (χ4n) is 3.52. The van der Waals surface area contributed by atoms with Gasteiger partial charge in [-0.15, -0.1) is 0 Å². The number of aliphatic hydroxyl groups excluding tert-OH is 1. The van der Waals surface area contributed by atoms with E-state index in [0.717, 1.165) is 16.7 Å². The van der Waals surface area contributed by atoms with Crippen LogP contribution < -0.4 is 4.90 Å². The molecule has 1 aromatic carbocycles. The summed E-state index contributed by atoms with van der Waals surface area (Å²) in [6, 6.07) is 9.49. The molecule has 1 aliphatic heterocycles. The van der Waals surface area contributed by atoms with Gasteiger partial charge in [0.1, 0.15) is 17.8 Å². The molecule has 3 aromatic rings. The minimum absolute atomic E-state index is 0.257. The minimum Gasteiger partial charge on any atom is -0.393 e. The first kappa shape index (κ1) is 19.2. The number of nitrogens with one attached hydrogen (secondary N) is 1. The lowest BCUT2D eigenvalue weighted by atomic mass is 9.94. The van der Waals surface area contributed by atoms with Gasteiger partial charge >= 0.3 is 0 Å². The Labute approximate surface area is 168 Å². The fraction of sp³-hybridized carbons (Fsp3) is 0.333. The molecule has 8 heteroatoms. The van der Waals surface area contributed by atoms with Crippen molar-refractivity contribution in [1.82, 2.24) is 19.7 Å². The third-order valence-electron chi connectivity index (χ3n) is 5.37. The Morgan fingerprint density at radius 1 is 1.21 bits per heavy atom. The van der Waals surface area contributed by atoms with Crippen LogP contribution >= 0.6 is 0 Å². The first-order valence-electron chi connectivity index (χ1n) is 9.53. The number of rotatable bonds is 5. The highest BCUT2D eigenvalue weighted by molar-refractivity contribution is 6.10. The first-order chi connectivity index (χ1) is 14.0. The zero-order chi connectivity index (χ0) is 20.4. The molecule has 0 spiro atoms. The zero-order valence-electron chi connectivity index (χ0n) is 16.2. The third-order valence-corrected chi connectivity index (χ3v) is 5.37. The second-order valence-electron chi connectivity index (χ2n) is 7.42. The van der Waals surface area contributed by atoms with Crippen molar-refractivity contribution >= 4 is 11.5 Å². The largest absolute Gasteiger partial charge is 0.393 e. The lowest BCUT2D eigenvalue weighted by Crippen LogP contribution is -2.44. The third kappa shape index (κ3) is 4.02. The molecule has 4 rings (SSSR count). The van der Waals surface area contributed by atoms with Gasteiger partial charge in [-0.2, -0.15) is 5.10 Å². The summed E-state index contributed by atoms with van der Waals surface area (Å²) >= 11 is 0. The van der Waals surface area contributed by atoms with Crippen molar-refractivity contribution in [1.29, 1.82) is 5.41 Å². The maximum Gasteiger partial charge on any atom is 0.137 e. The van der Waals surface area contributed by atoms with E-state index in [2.05, 4.69) is 15.1 Å². The Balaban J connectivity index is 1.55. The number of hydrogen-bond donors (Lipinski definition) is 2. The van der Waals surface area contributed by atoms with Gasteiger partial charge in [-0.05, 0) is 11.6 Å². The zero-order valence-corrected chi connectivity index (χ0v) is 16.2. The lowest BCUT2D eigenvalue weighted by Gasteiger charge is -2.35. The molecule has 1 aliphatic rings.